The zero-order chi connectivity index (χ0) is 20.3. The number of nitrogens with zero attached hydrogens (tertiary/aromatic N) is 2. The number of hydrogen-bond acceptors (Lipinski definition) is 4. The molecule has 2 heterocycles. The van der Waals surface area contributed by atoms with Crippen molar-refractivity contribution in [2.45, 2.75) is 50.5 Å². The van der Waals surface area contributed by atoms with Crippen molar-refractivity contribution in [1.82, 2.24) is 15.1 Å². The van der Waals surface area contributed by atoms with E-state index >= 15 is 0 Å². The first-order valence-corrected chi connectivity index (χ1v) is 10.7. The van der Waals surface area contributed by atoms with Crippen molar-refractivity contribution in [2.24, 2.45) is 5.92 Å². The Morgan fingerprint density at radius 3 is 2.45 bits per heavy atom. The van der Waals surface area contributed by atoms with Gasteiger partial charge < -0.3 is 15.0 Å². The summed E-state index contributed by atoms with van der Waals surface area (Å²) in [5.74, 6) is 0.896. The van der Waals surface area contributed by atoms with E-state index in [0.717, 1.165) is 42.8 Å². The molecule has 0 atom stereocenters. The zero-order valence-electron chi connectivity index (χ0n) is 16.8. The summed E-state index contributed by atoms with van der Waals surface area (Å²) in [4.78, 5) is 40.8. The van der Waals surface area contributed by atoms with Crippen molar-refractivity contribution in [3.63, 3.8) is 0 Å². The summed E-state index contributed by atoms with van der Waals surface area (Å²) in [6.07, 6.45) is 6.04. The van der Waals surface area contributed by atoms with E-state index in [1.165, 1.54) is 0 Å². The van der Waals surface area contributed by atoms with Crippen molar-refractivity contribution in [3.8, 4) is 5.75 Å². The van der Waals surface area contributed by atoms with Gasteiger partial charge in [0, 0.05) is 13.1 Å². The number of hydrogen-bond donors (Lipinski definition) is 1. The SMILES string of the molecule is O=C(CN1C(=O)NC2(CCCCC2)C1=O)N1CCC(COc2ccccc2)CC1. The molecule has 156 valence electrons. The van der Waals surface area contributed by atoms with Gasteiger partial charge in [-0.1, -0.05) is 37.5 Å². The fraction of sp³-hybridized carbons (Fsp3) is 0.591. The van der Waals surface area contributed by atoms with Crippen molar-refractivity contribution in [3.05, 3.63) is 30.3 Å². The summed E-state index contributed by atoms with van der Waals surface area (Å²) in [5, 5.41) is 2.87. The molecule has 0 bridgehead atoms. The van der Waals surface area contributed by atoms with Crippen LogP contribution in [0.2, 0.25) is 0 Å². The third kappa shape index (κ3) is 4.23. The summed E-state index contributed by atoms with van der Waals surface area (Å²) in [6, 6.07) is 9.31. The number of para-hydroxylation sites is 1. The first kappa shape index (κ1) is 19.7. The van der Waals surface area contributed by atoms with E-state index in [9.17, 15) is 14.4 Å². The topological polar surface area (TPSA) is 79.0 Å². The van der Waals surface area contributed by atoms with Gasteiger partial charge in [0.15, 0.2) is 0 Å². The van der Waals surface area contributed by atoms with Crippen LogP contribution in [-0.2, 0) is 9.59 Å². The number of urea groups is 1. The number of piperidine rings is 1. The monoisotopic (exact) mass is 399 g/mol. The van der Waals surface area contributed by atoms with E-state index < -0.39 is 11.6 Å². The van der Waals surface area contributed by atoms with Gasteiger partial charge in [0.25, 0.3) is 5.91 Å². The van der Waals surface area contributed by atoms with Crippen molar-refractivity contribution in [1.29, 1.82) is 0 Å². The fourth-order valence-corrected chi connectivity index (χ4v) is 4.63. The van der Waals surface area contributed by atoms with Crippen LogP contribution in [0.3, 0.4) is 0 Å². The summed E-state index contributed by atoms with van der Waals surface area (Å²) in [5.41, 5.74) is -0.766. The molecule has 1 aromatic carbocycles. The number of ether oxygens (including phenoxy) is 1. The minimum Gasteiger partial charge on any atom is -0.493 e. The fourth-order valence-electron chi connectivity index (χ4n) is 4.63. The summed E-state index contributed by atoms with van der Waals surface area (Å²) >= 11 is 0. The highest BCUT2D eigenvalue weighted by Crippen LogP contribution is 2.33. The highest BCUT2D eigenvalue weighted by Gasteiger charge is 2.51. The third-order valence-electron chi connectivity index (χ3n) is 6.44. The predicted octanol–water partition coefficient (Wildman–Crippen LogP) is 2.56. The Balaban J connectivity index is 1.25. The summed E-state index contributed by atoms with van der Waals surface area (Å²) < 4.78 is 5.83. The van der Waals surface area contributed by atoms with Gasteiger partial charge >= 0.3 is 6.03 Å². The second kappa shape index (κ2) is 8.43. The van der Waals surface area contributed by atoms with Crippen LogP contribution >= 0.6 is 0 Å². The van der Waals surface area contributed by atoms with Crippen LogP contribution < -0.4 is 10.1 Å². The quantitative estimate of drug-likeness (QED) is 0.772. The van der Waals surface area contributed by atoms with Gasteiger partial charge in [-0.05, 0) is 43.7 Å². The lowest BCUT2D eigenvalue weighted by Crippen LogP contribution is -2.49. The normalized spacial score (nSPS) is 22.1. The maximum absolute atomic E-state index is 12.8. The van der Waals surface area contributed by atoms with Crippen LogP contribution in [0.15, 0.2) is 30.3 Å². The molecule has 1 saturated carbocycles. The minimum atomic E-state index is -0.766. The van der Waals surface area contributed by atoms with Gasteiger partial charge in [0.2, 0.25) is 5.91 Å². The van der Waals surface area contributed by atoms with Gasteiger partial charge in [-0.2, -0.15) is 0 Å². The molecule has 4 rings (SSSR count). The van der Waals surface area contributed by atoms with Gasteiger partial charge in [0.05, 0.1) is 6.61 Å². The summed E-state index contributed by atoms with van der Waals surface area (Å²) in [6.45, 7) is 1.76. The highest BCUT2D eigenvalue weighted by molar-refractivity contribution is 6.09. The lowest BCUT2D eigenvalue weighted by molar-refractivity contribution is -0.140. The lowest BCUT2D eigenvalue weighted by atomic mass is 9.82. The predicted molar refractivity (Wildman–Crippen MR) is 107 cm³/mol. The van der Waals surface area contributed by atoms with Gasteiger partial charge in [0.1, 0.15) is 17.8 Å². The lowest BCUT2D eigenvalue weighted by Gasteiger charge is -2.33. The van der Waals surface area contributed by atoms with E-state index in [-0.39, 0.29) is 18.4 Å². The summed E-state index contributed by atoms with van der Waals surface area (Å²) in [7, 11) is 0. The Kier molecular flexibility index (Phi) is 5.74. The van der Waals surface area contributed by atoms with Crippen LogP contribution in [0.4, 0.5) is 4.79 Å². The average molecular weight is 399 g/mol. The number of carbonyl (C=O) groups excluding carboxylic acids is 3. The Hall–Kier alpha value is -2.57. The molecule has 1 aromatic rings. The first-order valence-electron chi connectivity index (χ1n) is 10.7. The molecule has 29 heavy (non-hydrogen) atoms. The zero-order valence-corrected chi connectivity index (χ0v) is 16.8. The molecule has 0 aromatic heterocycles. The van der Waals surface area contributed by atoms with Crippen LogP contribution in [0, 0.1) is 5.92 Å². The van der Waals surface area contributed by atoms with Crippen LogP contribution in [0.5, 0.6) is 5.75 Å². The Labute approximate surface area is 171 Å². The Morgan fingerprint density at radius 2 is 1.76 bits per heavy atom. The molecule has 1 spiro atoms. The molecule has 7 nitrogen and oxygen atoms in total. The third-order valence-corrected chi connectivity index (χ3v) is 6.44. The van der Waals surface area contributed by atoms with Crippen LogP contribution in [0.25, 0.3) is 0 Å². The molecule has 7 heteroatoms. The Morgan fingerprint density at radius 1 is 1.07 bits per heavy atom. The van der Waals surface area contributed by atoms with E-state index in [4.69, 9.17) is 4.74 Å². The molecular formula is C22H29N3O4. The van der Waals surface area contributed by atoms with E-state index in [2.05, 4.69) is 5.32 Å². The maximum Gasteiger partial charge on any atom is 0.325 e. The second-order valence-corrected chi connectivity index (χ2v) is 8.41. The van der Waals surface area contributed by atoms with Crippen molar-refractivity contribution < 1.29 is 19.1 Å². The second-order valence-electron chi connectivity index (χ2n) is 8.41. The van der Waals surface area contributed by atoms with E-state index in [0.29, 0.717) is 38.5 Å². The average Bonchev–Trinajstić information content (AvgIpc) is 2.97. The number of benzene rings is 1. The number of nitrogens with one attached hydrogen (secondary N) is 1. The number of likely N-dealkylation sites (tertiary alicyclic amines) is 1. The smallest absolute Gasteiger partial charge is 0.325 e. The molecule has 2 saturated heterocycles. The molecule has 3 fully saturated rings. The van der Waals surface area contributed by atoms with E-state index in [1.54, 1.807) is 4.90 Å². The number of rotatable bonds is 5. The van der Waals surface area contributed by atoms with Crippen LogP contribution in [0.1, 0.15) is 44.9 Å². The molecular weight excluding hydrogens is 370 g/mol. The number of carbonyl (C=O) groups is 3. The van der Waals surface area contributed by atoms with Gasteiger partial charge in [-0.25, -0.2) is 4.79 Å². The molecule has 1 aliphatic carbocycles. The van der Waals surface area contributed by atoms with Crippen molar-refractivity contribution >= 4 is 17.8 Å². The van der Waals surface area contributed by atoms with Crippen LogP contribution in [-0.4, -0.2) is 59.4 Å². The molecule has 4 amide bonds. The number of amides is 4. The standard InChI is InChI=1S/C22H29N3O4/c26-19(15-25-20(27)22(23-21(25)28)11-5-2-6-12-22)24-13-9-17(10-14-24)16-29-18-7-3-1-4-8-18/h1,3-4,7-8,17H,2,5-6,9-16H2,(H,23,28). The molecule has 2 aliphatic heterocycles. The molecule has 3 aliphatic rings. The molecule has 0 unspecified atom stereocenters. The largest absolute Gasteiger partial charge is 0.493 e. The first-order chi connectivity index (χ1) is 14.1. The van der Waals surface area contributed by atoms with Gasteiger partial charge in [-0.3, -0.25) is 14.5 Å². The molecule has 0 radical (unpaired) electrons. The minimum absolute atomic E-state index is 0.149. The maximum atomic E-state index is 12.8. The molecule has 1 N–H and O–H groups in total. The number of imide groups is 1. The van der Waals surface area contributed by atoms with E-state index in [1.807, 2.05) is 30.3 Å². The van der Waals surface area contributed by atoms with Crippen molar-refractivity contribution in [2.75, 3.05) is 26.2 Å². The highest BCUT2D eigenvalue weighted by atomic mass is 16.5. The van der Waals surface area contributed by atoms with Gasteiger partial charge in [-0.15, -0.1) is 0 Å². The Bertz CT molecular complexity index is 753.